The summed E-state index contributed by atoms with van der Waals surface area (Å²) in [6.45, 7) is 1.71. The Morgan fingerprint density at radius 3 is 2.53 bits per heavy atom. The molecule has 15 heavy (non-hydrogen) atoms. The smallest absolute Gasteiger partial charge is 0.323 e. The summed E-state index contributed by atoms with van der Waals surface area (Å²) in [5.41, 5.74) is 0. The highest BCUT2D eigenvalue weighted by molar-refractivity contribution is 5.79. The molecule has 0 atom stereocenters. The van der Waals surface area contributed by atoms with Gasteiger partial charge in [0.05, 0.1) is 0 Å². The van der Waals surface area contributed by atoms with Crippen molar-refractivity contribution in [3.63, 3.8) is 0 Å². The second kappa shape index (κ2) is 6.23. The number of ether oxygens (including phenoxy) is 1. The van der Waals surface area contributed by atoms with E-state index < -0.39 is 12.0 Å². The van der Waals surface area contributed by atoms with E-state index in [9.17, 15) is 9.59 Å². The van der Waals surface area contributed by atoms with Gasteiger partial charge in [0.2, 0.25) is 0 Å². The number of carboxylic acid groups (broad SMARTS) is 1. The van der Waals surface area contributed by atoms with Crippen molar-refractivity contribution in [3.05, 3.63) is 0 Å². The second-order valence-electron chi connectivity index (χ2n) is 3.51. The fourth-order valence-corrected chi connectivity index (χ4v) is 1.41. The molecule has 0 bridgehead atoms. The Kier molecular flexibility index (Phi) is 4.89. The van der Waals surface area contributed by atoms with Gasteiger partial charge in [-0.2, -0.15) is 0 Å². The summed E-state index contributed by atoms with van der Waals surface area (Å²) in [6, 6.07) is -0.427. The SMILES string of the molecule is O=C(O)CNC(=O)NCC1CCOCC1. The zero-order valence-corrected chi connectivity index (χ0v) is 8.49. The van der Waals surface area contributed by atoms with Gasteiger partial charge in [-0.05, 0) is 18.8 Å². The first-order chi connectivity index (χ1) is 7.18. The van der Waals surface area contributed by atoms with Gasteiger partial charge in [-0.1, -0.05) is 0 Å². The van der Waals surface area contributed by atoms with Crippen LogP contribution in [0.3, 0.4) is 0 Å². The van der Waals surface area contributed by atoms with Crippen LogP contribution in [0.1, 0.15) is 12.8 Å². The minimum atomic E-state index is -1.05. The summed E-state index contributed by atoms with van der Waals surface area (Å²) in [7, 11) is 0. The third-order valence-electron chi connectivity index (χ3n) is 2.29. The predicted octanol–water partition coefficient (Wildman–Crippen LogP) is -0.203. The quantitative estimate of drug-likeness (QED) is 0.607. The third kappa shape index (κ3) is 5.21. The van der Waals surface area contributed by atoms with Crippen molar-refractivity contribution in [3.8, 4) is 0 Å². The Morgan fingerprint density at radius 2 is 1.93 bits per heavy atom. The molecule has 1 aliphatic heterocycles. The molecule has 1 rings (SSSR count). The molecule has 3 N–H and O–H groups in total. The number of aliphatic carboxylic acids is 1. The van der Waals surface area contributed by atoms with Crippen LogP contribution in [0.5, 0.6) is 0 Å². The van der Waals surface area contributed by atoms with Crippen LogP contribution in [0.25, 0.3) is 0 Å². The van der Waals surface area contributed by atoms with E-state index in [2.05, 4.69) is 10.6 Å². The maximum atomic E-state index is 11.1. The van der Waals surface area contributed by atoms with Crippen LogP contribution in [-0.4, -0.2) is 43.4 Å². The number of hydrogen-bond acceptors (Lipinski definition) is 3. The molecule has 0 spiro atoms. The maximum Gasteiger partial charge on any atom is 0.323 e. The lowest BCUT2D eigenvalue weighted by Crippen LogP contribution is -2.41. The monoisotopic (exact) mass is 216 g/mol. The van der Waals surface area contributed by atoms with Gasteiger partial charge in [0, 0.05) is 19.8 Å². The van der Waals surface area contributed by atoms with Gasteiger partial charge in [-0.15, -0.1) is 0 Å². The van der Waals surface area contributed by atoms with E-state index in [1.165, 1.54) is 0 Å². The average Bonchev–Trinajstić information content (AvgIpc) is 2.25. The number of rotatable bonds is 4. The lowest BCUT2D eigenvalue weighted by molar-refractivity contribution is -0.135. The van der Waals surface area contributed by atoms with E-state index in [0.717, 1.165) is 26.1 Å². The van der Waals surface area contributed by atoms with Crippen LogP contribution in [0.15, 0.2) is 0 Å². The first kappa shape index (κ1) is 11.8. The van der Waals surface area contributed by atoms with Gasteiger partial charge < -0.3 is 20.5 Å². The summed E-state index contributed by atoms with van der Waals surface area (Å²) >= 11 is 0. The summed E-state index contributed by atoms with van der Waals surface area (Å²) in [5, 5.41) is 13.2. The molecule has 0 aromatic rings. The van der Waals surface area contributed by atoms with E-state index in [0.29, 0.717) is 12.5 Å². The van der Waals surface area contributed by atoms with Crippen LogP contribution < -0.4 is 10.6 Å². The Bertz CT molecular complexity index is 226. The van der Waals surface area contributed by atoms with Crippen molar-refractivity contribution in [1.29, 1.82) is 0 Å². The second-order valence-corrected chi connectivity index (χ2v) is 3.51. The molecular weight excluding hydrogens is 200 g/mol. The average molecular weight is 216 g/mol. The van der Waals surface area contributed by atoms with Crippen molar-refractivity contribution in [2.75, 3.05) is 26.3 Å². The maximum absolute atomic E-state index is 11.1. The summed E-state index contributed by atoms with van der Waals surface area (Å²) < 4.78 is 5.18. The predicted molar refractivity (Wildman–Crippen MR) is 52.6 cm³/mol. The number of urea groups is 1. The van der Waals surface area contributed by atoms with Crippen LogP contribution in [0.4, 0.5) is 4.79 Å². The van der Waals surface area contributed by atoms with Gasteiger partial charge in [0.15, 0.2) is 0 Å². The number of carbonyl (C=O) groups excluding carboxylic acids is 1. The van der Waals surface area contributed by atoms with E-state index in [-0.39, 0.29) is 6.54 Å². The Labute approximate surface area is 88.0 Å². The molecule has 0 aliphatic carbocycles. The van der Waals surface area contributed by atoms with Gasteiger partial charge in [-0.3, -0.25) is 4.79 Å². The van der Waals surface area contributed by atoms with E-state index >= 15 is 0 Å². The number of carboxylic acids is 1. The lowest BCUT2D eigenvalue weighted by Gasteiger charge is -2.22. The van der Waals surface area contributed by atoms with Crippen molar-refractivity contribution < 1.29 is 19.4 Å². The van der Waals surface area contributed by atoms with Gasteiger partial charge in [0.25, 0.3) is 0 Å². The molecule has 1 heterocycles. The fourth-order valence-electron chi connectivity index (χ4n) is 1.41. The van der Waals surface area contributed by atoms with E-state index in [1.54, 1.807) is 0 Å². The minimum absolute atomic E-state index is 0.348. The van der Waals surface area contributed by atoms with Crippen molar-refractivity contribution in [2.45, 2.75) is 12.8 Å². The fraction of sp³-hybridized carbons (Fsp3) is 0.778. The largest absolute Gasteiger partial charge is 0.480 e. The zero-order chi connectivity index (χ0) is 11.1. The zero-order valence-electron chi connectivity index (χ0n) is 8.49. The highest BCUT2D eigenvalue weighted by atomic mass is 16.5. The van der Waals surface area contributed by atoms with Crippen LogP contribution in [0, 0.1) is 5.92 Å². The number of carbonyl (C=O) groups is 2. The topological polar surface area (TPSA) is 87.7 Å². The Hall–Kier alpha value is -1.30. The highest BCUT2D eigenvalue weighted by Crippen LogP contribution is 2.12. The molecule has 0 aromatic carbocycles. The van der Waals surface area contributed by atoms with Gasteiger partial charge in [-0.25, -0.2) is 4.79 Å². The van der Waals surface area contributed by atoms with Gasteiger partial charge in [0.1, 0.15) is 6.54 Å². The summed E-state index contributed by atoms with van der Waals surface area (Å²) in [4.78, 5) is 21.2. The molecular formula is C9H16N2O4. The minimum Gasteiger partial charge on any atom is -0.480 e. The number of nitrogens with one attached hydrogen (secondary N) is 2. The molecule has 0 saturated carbocycles. The molecule has 0 unspecified atom stereocenters. The molecule has 6 nitrogen and oxygen atoms in total. The van der Waals surface area contributed by atoms with E-state index in [1.807, 2.05) is 0 Å². The Morgan fingerprint density at radius 1 is 1.27 bits per heavy atom. The van der Waals surface area contributed by atoms with E-state index in [4.69, 9.17) is 9.84 Å². The van der Waals surface area contributed by atoms with Crippen LogP contribution in [0.2, 0.25) is 0 Å². The molecule has 2 amide bonds. The molecule has 6 heteroatoms. The first-order valence-corrected chi connectivity index (χ1v) is 4.99. The van der Waals surface area contributed by atoms with Gasteiger partial charge >= 0.3 is 12.0 Å². The summed E-state index contributed by atoms with van der Waals surface area (Å²) in [6.07, 6.45) is 1.89. The lowest BCUT2D eigenvalue weighted by atomic mass is 10.0. The first-order valence-electron chi connectivity index (χ1n) is 4.99. The van der Waals surface area contributed by atoms with Crippen molar-refractivity contribution in [2.24, 2.45) is 5.92 Å². The van der Waals surface area contributed by atoms with Crippen LogP contribution in [-0.2, 0) is 9.53 Å². The van der Waals surface area contributed by atoms with Crippen molar-refractivity contribution >= 4 is 12.0 Å². The molecule has 0 aromatic heterocycles. The Balaban J connectivity index is 2.07. The number of amides is 2. The normalized spacial score (nSPS) is 17.1. The highest BCUT2D eigenvalue weighted by Gasteiger charge is 2.14. The standard InChI is InChI=1S/C9H16N2O4/c12-8(13)6-11-9(14)10-5-7-1-3-15-4-2-7/h7H,1-6H2,(H,12,13)(H2,10,11,14). The molecule has 0 radical (unpaired) electrons. The van der Waals surface area contributed by atoms with Crippen molar-refractivity contribution in [1.82, 2.24) is 10.6 Å². The number of hydrogen-bond donors (Lipinski definition) is 3. The molecule has 1 fully saturated rings. The molecule has 1 aliphatic rings. The molecule has 86 valence electrons. The third-order valence-corrected chi connectivity index (χ3v) is 2.29. The molecule has 1 saturated heterocycles. The summed E-state index contributed by atoms with van der Waals surface area (Å²) in [5.74, 6) is -0.606. The van der Waals surface area contributed by atoms with Crippen LogP contribution >= 0.6 is 0 Å².